The molecule has 1 N–H and O–H groups in total. The van der Waals surface area contributed by atoms with Crippen molar-refractivity contribution in [3.05, 3.63) is 35.4 Å². The molecule has 0 bridgehead atoms. The van der Waals surface area contributed by atoms with E-state index in [1.54, 1.807) is 0 Å². The SMILES string of the molecule is COC(=O)C(CNCCc1ccccc1C)C(C)C. The topological polar surface area (TPSA) is 38.3 Å². The number of nitrogens with one attached hydrogen (secondary N) is 1. The standard InChI is InChI=1S/C16H25NO2/c1-12(2)15(16(18)19-4)11-17-10-9-14-8-6-5-7-13(14)3/h5-8,12,15,17H,9-11H2,1-4H3. The molecule has 0 amide bonds. The van der Waals surface area contributed by atoms with Crippen molar-refractivity contribution in [3.63, 3.8) is 0 Å². The summed E-state index contributed by atoms with van der Waals surface area (Å²) in [6.07, 6.45) is 0.985. The molecule has 1 atom stereocenters. The fourth-order valence-corrected chi connectivity index (χ4v) is 2.11. The smallest absolute Gasteiger partial charge is 0.310 e. The number of ether oxygens (including phenoxy) is 1. The average molecular weight is 263 g/mol. The molecule has 106 valence electrons. The first kappa shape index (κ1) is 15.7. The van der Waals surface area contributed by atoms with Crippen LogP contribution in [-0.2, 0) is 16.0 Å². The number of rotatable bonds is 7. The molecule has 0 aliphatic rings. The van der Waals surface area contributed by atoms with Crippen LogP contribution in [0.25, 0.3) is 0 Å². The lowest BCUT2D eigenvalue weighted by molar-refractivity contribution is -0.146. The van der Waals surface area contributed by atoms with Crippen molar-refractivity contribution in [1.82, 2.24) is 5.32 Å². The predicted octanol–water partition coefficient (Wildman–Crippen LogP) is 2.57. The highest BCUT2D eigenvalue weighted by Gasteiger charge is 2.22. The summed E-state index contributed by atoms with van der Waals surface area (Å²) in [5, 5.41) is 3.36. The molecular formula is C16H25NO2. The van der Waals surface area contributed by atoms with Crippen molar-refractivity contribution in [2.24, 2.45) is 11.8 Å². The minimum absolute atomic E-state index is 0.0677. The minimum atomic E-state index is -0.126. The van der Waals surface area contributed by atoms with E-state index in [1.807, 2.05) is 13.8 Å². The third-order valence-electron chi connectivity index (χ3n) is 3.51. The minimum Gasteiger partial charge on any atom is -0.469 e. The molecule has 3 nitrogen and oxygen atoms in total. The van der Waals surface area contributed by atoms with Gasteiger partial charge in [0.1, 0.15) is 0 Å². The van der Waals surface area contributed by atoms with Crippen molar-refractivity contribution in [2.45, 2.75) is 27.2 Å². The number of esters is 1. The lowest BCUT2D eigenvalue weighted by atomic mass is 9.96. The van der Waals surface area contributed by atoms with Crippen LogP contribution in [0.15, 0.2) is 24.3 Å². The van der Waals surface area contributed by atoms with Crippen LogP contribution in [0.2, 0.25) is 0 Å². The van der Waals surface area contributed by atoms with E-state index in [-0.39, 0.29) is 11.9 Å². The highest BCUT2D eigenvalue weighted by atomic mass is 16.5. The van der Waals surface area contributed by atoms with E-state index in [2.05, 4.69) is 36.5 Å². The van der Waals surface area contributed by atoms with Crippen LogP contribution >= 0.6 is 0 Å². The molecule has 1 aromatic rings. The van der Waals surface area contributed by atoms with Gasteiger partial charge in [-0.1, -0.05) is 38.1 Å². The van der Waals surface area contributed by atoms with Crippen LogP contribution in [0.5, 0.6) is 0 Å². The van der Waals surface area contributed by atoms with Gasteiger partial charge < -0.3 is 10.1 Å². The lowest BCUT2D eigenvalue weighted by Crippen LogP contribution is -2.34. The maximum Gasteiger partial charge on any atom is 0.310 e. The Hall–Kier alpha value is -1.35. The Bertz CT molecular complexity index is 401. The Morgan fingerprint density at radius 1 is 1.32 bits per heavy atom. The summed E-state index contributed by atoms with van der Waals surface area (Å²) in [7, 11) is 1.45. The van der Waals surface area contributed by atoms with Gasteiger partial charge in [-0.15, -0.1) is 0 Å². The molecule has 1 rings (SSSR count). The van der Waals surface area contributed by atoms with Crippen molar-refractivity contribution < 1.29 is 9.53 Å². The van der Waals surface area contributed by atoms with Gasteiger partial charge in [0.15, 0.2) is 0 Å². The third kappa shape index (κ3) is 5.03. The van der Waals surface area contributed by atoms with Gasteiger partial charge >= 0.3 is 5.97 Å². The summed E-state index contributed by atoms with van der Waals surface area (Å²) in [5.74, 6) is 0.0960. The Morgan fingerprint density at radius 2 is 2.00 bits per heavy atom. The summed E-state index contributed by atoms with van der Waals surface area (Å²) >= 11 is 0. The molecule has 0 saturated heterocycles. The average Bonchev–Trinajstić information content (AvgIpc) is 2.39. The maximum absolute atomic E-state index is 11.6. The number of aryl methyl sites for hydroxylation is 1. The highest BCUT2D eigenvalue weighted by molar-refractivity contribution is 5.72. The summed E-state index contributed by atoms with van der Waals surface area (Å²) < 4.78 is 4.83. The second-order valence-electron chi connectivity index (χ2n) is 5.25. The van der Waals surface area contributed by atoms with E-state index in [9.17, 15) is 4.79 Å². The van der Waals surface area contributed by atoms with E-state index >= 15 is 0 Å². The van der Waals surface area contributed by atoms with Crippen molar-refractivity contribution in [1.29, 1.82) is 0 Å². The van der Waals surface area contributed by atoms with Crippen LogP contribution in [0.3, 0.4) is 0 Å². The van der Waals surface area contributed by atoms with E-state index < -0.39 is 0 Å². The van der Waals surface area contributed by atoms with Crippen molar-refractivity contribution in [3.8, 4) is 0 Å². The monoisotopic (exact) mass is 263 g/mol. The number of hydrogen-bond donors (Lipinski definition) is 1. The largest absolute Gasteiger partial charge is 0.469 e. The zero-order valence-electron chi connectivity index (χ0n) is 12.4. The first-order valence-corrected chi connectivity index (χ1v) is 6.89. The molecule has 0 radical (unpaired) electrons. The van der Waals surface area contributed by atoms with E-state index in [0.717, 1.165) is 13.0 Å². The quantitative estimate of drug-likeness (QED) is 0.607. The van der Waals surface area contributed by atoms with E-state index in [4.69, 9.17) is 4.74 Å². The molecule has 1 aromatic carbocycles. The first-order chi connectivity index (χ1) is 9.06. The number of methoxy groups -OCH3 is 1. The van der Waals surface area contributed by atoms with Crippen LogP contribution in [0.4, 0.5) is 0 Å². The van der Waals surface area contributed by atoms with Crippen LogP contribution < -0.4 is 5.32 Å². The molecular weight excluding hydrogens is 238 g/mol. The maximum atomic E-state index is 11.6. The fourth-order valence-electron chi connectivity index (χ4n) is 2.11. The van der Waals surface area contributed by atoms with Gasteiger partial charge in [0.25, 0.3) is 0 Å². The second-order valence-corrected chi connectivity index (χ2v) is 5.25. The Kier molecular flexibility index (Phi) is 6.57. The van der Waals surface area contributed by atoms with Crippen LogP contribution in [0.1, 0.15) is 25.0 Å². The number of benzene rings is 1. The Balaban J connectivity index is 2.37. The molecule has 0 aromatic heterocycles. The second kappa shape index (κ2) is 7.95. The van der Waals surface area contributed by atoms with Gasteiger partial charge in [-0.2, -0.15) is 0 Å². The van der Waals surface area contributed by atoms with Crippen LogP contribution in [0, 0.1) is 18.8 Å². The van der Waals surface area contributed by atoms with E-state index in [0.29, 0.717) is 12.5 Å². The summed E-state index contributed by atoms with van der Waals surface area (Å²) in [6.45, 7) is 7.78. The van der Waals surface area contributed by atoms with Gasteiger partial charge in [-0.25, -0.2) is 0 Å². The molecule has 0 aliphatic heterocycles. The molecule has 0 spiro atoms. The van der Waals surface area contributed by atoms with E-state index in [1.165, 1.54) is 18.2 Å². The fraction of sp³-hybridized carbons (Fsp3) is 0.562. The van der Waals surface area contributed by atoms with Crippen molar-refractivity contribution in [2.75, 3.05) is 20.2 Å². The molecule has 3 heteroatoms. The molecule has 0 aliphatic carbocycles. The zero-order valence-corrected chi connectivity index (χ0v) is 12.4. The van der Waals surface area contributed by atoms with Gasteiger partial charge in [-0.3, -0.25) is 4.79 Å². The summed E-state index contributed by atoms with van der Waals surface area (Å²) in [6, 6.07) is 8.39. The number of hydrogen-bond acceptors (Lipinski definition) is 3. The molecule has 1 unspecified atom stereocenters. The Labute approximate surface area is 116 Å². The zero-order chi connectivity index (χ0) is 14.3. The van der Waals surface area contributed by atoms with Gasteiger partial charge in [0.2, 0.25) is 0 Å². The molecule has 19 heavy (non-hydrogen) atoms. The highest BCUT2D eigenvalue weighted by Crippen LogP contribution is 2.12. The number of carbonyl (C=O) groups is 1. The van der Waals surface area contributed by atoms with Crippen LogP contribution in [-0.4, -0.2) is 26.2 Å². The molecule has 0 saturated carbocycles. The predicted molar refractivity (Wildman–Crippen MR) is 78.1 cm³/mol. The van der Waals surface area contributed by atoms with Gasteiger partial charge in [-0.05, 0) is 36.9 Å². The summed E-state index contributed by atoms with van der Waals surface area (Å²) in [4.78, 5) is 11.6. The molecule has 0 fully saturated rings. The molecule has 0 heterocycles. The number of carbonyl (C=O) groups excluding carboxylic acids is 1. The Morgan fingerprint density at radius 3 is 2.58 bits per heavy atom. The van der Waals surface area contributed by atoms with Gasteiger partial charge in [0, 0.05) is 6.54 Å². The lowest BCUT2D eigenvalue weighted by Gasteiger charge is -2.18. The normalized spacial score (nSPS) is 12.5. The van der Waals surface area contributed by atoms with Crippen molar-refractivity contribution >= 4 is 5.97 Å². The first-order valence-electron chi connectivity index (χ1n) is 6.89. The summed E-state index contributed by atoms with van der Waals surface area (Å²) in [5.41, 5.74) is 2.67. The van der Waals surface area contributed by atoms with Gasteiger partial charge in [0.05, 0.1) is 13.0 Å². The third-order valence-corrected chi connectivity index (χ3v) is 3.51.